The summed E-state index contributed by atoms with van der Waals surface area (Å²) in [5, 5.41) is 0.485. The highest BCUT2D eigenvalue weighted by Crippen LogP contribution is 2.23. The molecular weight excluding hydrogens is 431 g/mol. The molecule has 1 aliphatic rings. The number of anilines is 1. The van der Waals surface area contributed by atoms with Gasteiger partial charge in [-0.05, 0) is 48.5 Å². The van der Waals surface area contributed by atoms with E-state index < -0.39 is 10.0 Å². The first-order valence-corrected chi connectivity index (χ1v) is 11.0. The van der Waals surface area contributed by atoms with E-state index in [1.807, 2.05) is 4.90 Å². The Hall–Kier alpha value is -2.75. The van der Waals surface area contributed by atoms with Crippen LogP contribution in [0.15, 0.2) is 65.7 Å². The summed E-state index contributed by atoms with van der Waals surface area (Å²) in [7, 11) is -3.58. The van der Waals surface area contributed by atoms with Gasteiger partial charge in [0.15, 0.2) is 0 Å². The first kappa shape index (κ1) is 20.5. The summed E-state index contributed by atoms with van der Waals surface area (Å²) in [4.78, 5) is 10.8. The normalized spacial score (nSPS) is 15.2. The summed E-state index contributed by atoms with van der Waals surface area (Å²) in [6.45, 7) is 1.48. The van der Waals surface area contributed by atoms with Crippen molar-refractivity contribution < 1.29 is 17.5 Å². The van der Waals surface area contributed by atoms with E-state index in [1.54, 1.807) is 24.4 Å². The van der Waals surface area contributed by atoms with Crippen molar-refractivity contribution in [3.63, 3.8) is 0 Å². The second-order valence-corrected chi connectivity index (χ2v) is 8.97. The Kier molecular flexibility index (Phi) is 5.85. The van der Waals surface area contributed by atoms with Gasteiger partial charge < -0.3 is 9.64 Å². The van der Waals surface area contributed by atoms with Gasteiger partial charge in [0.25, 0.3) is 0 Å². The Balaban J connectivity index is 1.42. The van der Waals surface area contributed by atoms with Crippen LogP contribution >= 0.6 is 11.6 Å². The Labute approximate surface area is 178 Å². The van der Waals surface area contributed by atoms with E-state index in [0.717, 1.165) is 0 Å². The number of ether oxygens (including phenoxy) is 1. The molecule has 0 aliphatic carbocycles. The Bertz CT molecular complexity index is 1120. The zero-order valence-electron chi connectivity index (χ0n) is 15.8. The topological polar surface area (TPSA) is 75.6 Å². The molecule has 1 aliphatic heterocycles. The number of halogens is 2. The van der Waals surface area contributed by atoms with Gasteiger partial charge in [-0.25, -0.2) is 17.8 Å². The second kappa shape index (κ2) is 8.55. The first-order chi connectivity index (χ1) is 14.4. The predicted molar refractivity (Wildman–Crippen MR) is 111 cm³/mol. The molecule has 30 heavy (non-hydrogen) atoms. The smallest absolute Gasteiger partial charge is 0.243 e. The van der Waals surface area contributed by atoms with Crippen LogP contribution in [0.25, 0.3) is 0 Å². The zero-order chi connectivity index (χ0) is 21.1. The number of piperazine rings is 1. The zero-order valence-corrected chi connectivity index (χ0v) is 17.4. The number of sulfonamides is 1. The van der Waals surface area contributed by atoms with Crippen LogP contribution in [0.5, 0.6) is 11.6 Å². The fraction of sp³-hybridized carbons (Fsp3) is 0.200. The molecule has 156 valence electrons. The molecule has 0 unspecified atom stereocenters. The van der Waals surface area contributed by atoms with Gasteiger partial charge in [-0.2, -0.15) is 9.29 Å². The second-order valence-electron chi connectivity index (χ2n) is 6.60. The van der Waals surface area contributed by atoms with Gasteiger partial charge in [-0.15, -0.1) is 0 Å². The lowest BCUT2D eigenvalue weighted by atomic mass is 10.3. The van der Waals surface area contributed by atoms with Crippen molar-refractivity contribution in [2.45, 2.75) is 4.90 Å². The summed E-state index contributed by atoms with van der Waals surface area (Å²) in [5.74, 6) is 0.873. The van der Waals surface area contributed by atoms with Gasteiger partial charge in [-0.1, -0.05) is 11.6 Å². The van der Waals surface area contributed by atoms with Gasteiger partial charge in [0.05, 0.1) is 4.90 Å². The van der Waals surface area contributed by atoms with Crippen LogP contribution in [0.1, 0.15) is 0 Å². The number of hydrogen-bond donors (Lipinski definition) is 0. The van der Waals surface area contributed by atoms with E-state index in [2.05, 4.69) is 9.97 Å². The summed E-state index contributed by atoms with van der Waals surface area (Å²) >= 11 is 5.85. The van der Waals surface area contributed by atoms with Crippen molar-refractivity contribution in [3.05, 3.63) is 71.6 Å². The molecule has 0 atom stereocenters. The molecule has 0 amide bonds. The molecule has 0 spiro atoms. The van der Waals surface area contributed by atoms with Crippen molar-refractivity contribution in [2.24, 2.45) is 0 Å². The lowest BCUT2D eigenvalue weighted by Gasteiger charge is -2.34. The van der Waals surface area contributed by atoms with Gasteiger partial charge >= 0.3 is 0 Å². The molecule has 4 rings (SSSR count). The summed E-state index contributed by atoms with van der Waals surface area (Å²) < 4.78 is 45.7. The van der Waals surface area contributed by atoms with Gasteiger partial charge in [0.1, 0.15) is 11.6 Å². The molecule has 1 aromatic heterocycles. The standard InChI is InChI=1S/C20H18ClFN4O3S/c21-15-1-7-18(8-2-15)30(27,28)26-13-11-25(12-14-26)20-23-10-9-19(24-20)29-17-5-3-16(22)4-6-17/h1-10H,11-14H2. The highest BCUT2D eigenvalue weighted by atomic mass is 35.5. The van der Waals surface area contributed by atoms with Crippen LogP contribution in [0, 0.1) is 5.82 Å². The van der Waals surface area contributed by atoms with Gasteiger partial charge in [0.2, 0.25) is 21.9 Å². The molecule has 10 heteroatoms. The van der Waals surface area contributed by atoms with E-state index in [9.17, 15) is 12.8 Å². The molecule has 1 saturated heterocycles. The molecule has 0 saturated carbocycles. The third-order valence-corrected chi connectivity index (χ3v) is 6.79. The van der Waals surface area contributed by atoms with Crippen LogP contribution in [-0.2, 0) is 10.0 Å². The van der Waals surface area contributed by atoms with E-state index >= 15 is 0 Å². The first-order valence-electron chi connectivity index (χ1n) is 9.19. The molecule has 7 nitrogen and oxygen atoms in total. The van der Waals surface area contributed by atoms with Gasteiger partial charge in [0, 0.05) is 43.5 Å². The molecule has 2 heterocycles. The molecule has 1 fully saturated rings. The molecule has 0 N–H and O–H groups in total. The maximum Gasteiger partial charge on any atom is 0.243 e. The highest BCUT2D eigenvalue weighted by Gasteiger charge is 2.29. The van der Waals surface area contributed by atoms with Crippen molar-refractivity contribution in [3.8, 4) is 11.6 Å². The predicted octanol–water partition coefficient (Wildman–Crippen LogP) is 3.57. The van der Waals surface area contributed by atoms with Crippen molar-refractivity contribution >= 4 is 27.6 Å². The fourth-order valence-corrected chi connectivity index (χ4v) is 4.60. The van der Waals surface area contributed by atoms with Gasteiger partial charge in [-0.3, -0.25) is 0 Å². The van der Waals surface area contributed by atoms with Crippen LogP contribution in [0.3, 0.4) is 0 Å². The summed E-state index contributed by atoms with van der Waals surface area (Å²) in [6.07, 6.45) is 1.57. The molecule has 0 radical (unpaired) electrons. The largest absolute Gasteiger partial charge is 0.439 e. The third-order valence-electron chi connectivity index (χ3n) is 4.63. The average molecular weight is 449 g/mol. The SMILES string of the molecule is O=S(=O)(c1ccc(Cl)cc1)N1CCN(c2nccc(Oc3ccc(F)cc3)n2)CC1. The monoisotopic (exact) mass is 448 g/mol. The molecular formula is C20H18ClFN4O3S. The van der Waals surface area contributed by atoms with Crippen LogP contribution in [0.4, 0.5) is 10.3 Å². The quantitative estimate of drug-likeness (QED) is 0.594. The summed E-state index contributed by atoms with van der Waals surface area (Å²) in [5.41, 5.74) is 0. The van der Waals surface area contributed by atoms with Crippen molar-refractivity contribution in [2.75, 3.05) is 31.1 Å². The number of hydrogen-bond acceptors (Lipinski definition) is 6. The van der Waals surface area contributed by atoms with Crippen LogP contribution < -0.4 is 9.64 Å². The Morgan fingerprint density at radius 1 is 0.933 bits per heavy atom. The molecule has 0 bridgehead atoms. The molecule has 3 aromatic rings. The van der Waals surface area contributed by atoms with Crippen molar-refractivity contribution in [1.29, 1.82) is 0 Å². The third kappa shape index (κ3) is 4.53. The number of benzene rings is 2. The van der Waals surface area contributed by atoms with E-state index in [-0.39, 0.29) is 10.7 Å². The minimum Gasteiger partial charge on any atom is -0.439 e. The van der Waals surface area contributed by atoms with Crippen LogP contribution in [0.2, 0.25) is 5.02 Å². The number of nitrogens with zero attached hydrogens (tertiary/aromatic N) is 4. The highest BCUT2D eigenvalue weighted by molar-refractivity contribution is 7.89. The Morgan fingerprint density at radius 3 is 2.27 bits per heavy atom. The minimum atomic E-state index is -3.58. The number of rotatable bonds is 5. The fourth-order valence-electron chi connectivity index (χ4n) is 3.05. The minimum absolute atomic E-state index is 0.214. The number of aromatic nitrogens is 2. The lowest BCUT2D eigenvalue weighted by Crippen LogP contribution is -2.49. The summed E-state index contributed by atoms with van der Waals surface area (Å²) in [6, 6.07) is 13.4. The maximum atomic E-state index is 13.0. The Morgan fingerprint density at radius 2 is 1.60 bits per heavy atom. The molecule has 2 aromatic carbocycles. The van der Waals surface area contributed by atoms with Crippen LogP contribution in [-0.4, -0.2) is 48.9 Å². The van der Waals surface area contributed by atoms with E-state index in [4.69, 9.17) is 16.3 Å². The lowest BCUT2D eigenvalue weighted by molar-refractivity contribution is 0.381. The van der Waals surface area contributed by atoms with E-state index in [0.29, 0.717) is 48.8 Å². The van der Waals surface area contributed by atoms with E-state index in [1.165, 1.54) is 40.7 Å². The van der Waals surface area contributed by atoms with Crippen molar-refractivity contribution in [1.82, 2.24) is 14.3 Å². The maximum absolute atomic E-state index is 13.0. The average Bonchev–Trinajstić information content (AvgIpc) is 2.76.